The maximum atomic E-state index is 11.8. The molecular formula is C9H8N4O4S2. The maximum absolute atomic E-state index is 11.8. The van der Waals surface area contributed by atoms with Crippen LogP contribution in [0.15, 0.2) is 45.6 Å². The van der Waals surface area contributed by atoms with Gasteiger partial charge in [0, 0.05) is 11.9 Å². The van der Waals surface area contributed by atoms with Gasteiger partial charge in [0.05, 0.1) is 4.90 Å². The number of rotatable bonds is 3. The van der Waals surface area contributed by atoms with Gasteiger partial charge in [-0.3, -0.25) is 9.59 Å². The van der Waals surface area contributed by atoms with E-state index >= 15 is 0 Å². The van der Waals surface area contributed by atoms with E-state index in [1.54, 1.807) is 18.2 Å². The minimum absolute atomic E-state index is 0.0182. The van der Waals surface area contributed by atoms with E-state index in [2.05, 4.69) is 10.3 Å². The van der Waals surface area contributed by atoms with E-state index in [4.69, 9.17) is 0 Å². The minimum atomic E-state index is -3.82. The molecule has 0 saturated carbocycles. The van der Waals surface area contributed by atoms with Gasteiger partial charge in [-0.2, -0.15) is 5.11 Å². The summed E-state index contributed by atoms with van der Waals surface area (Å²) in [6.07, 6.45) is 0. The van der Waals surface area contributed by atoms with E-state index in [9.17, 15) is 18.0 Å². The summed E-state index contributed by atoms with van der Waals surface area (Å²) in [6, 6.07) is 7.54. The molecule has 1 heterocycles. The molecule has 0 spiro atoms. The quantitative estimate of drug-likeness (QED) is 0.836. The predicted molar refractivity (Wildman–Crippen MR) is 66.3 cm³/mol. The zero-order valence-electron chi connectivity index (χ0n) is 9.38. The zero-order chi connectivity index (χ0) is 13.9. The Hall–Kier alpha value is -1.78. The van der Waals surface area contributed by atoms with Crippen LogP contribution >= 0.6 is 11.9 Å². The molecule has 10 heteroatoms. The lowest BCUT2D eigenvalue weighted by Gasteiger charge is -2.08. The van der Waals surface area contributed by atoms with Gasteiger partial charge in [0.1, 0.15) is 6.54 Å². The van der Waals surface area contributed by atoms with Gasteiger partial charge in [-0.25, -0.2) is 8.42 Å². The summed E-state index contributed by atoms with van der Waals surface area (Å²) in [5.41, 5.74) is 0. The molecule has 0 saturated heterocycles. The number of amides is 2. The third kappa shape index (κ3) is 3.16. The molecule has 8 nitrogen and oxygen atoms in total. The summed E-state index contributed by atoms with van der Waals surface area (Å²) in [7, 11) is -3.82. The van der Waals surface area contributed by atoms with Gasteiger partial charge in [-0.1, -0.05) is 23.4 Å². The van der Waals surface area contributed by atoms with Crippen molar-refractivity contribution in [2.45, 2.75) is 4.90 Å². The number of carbonyl (C=O) groups is 2. The van der Waals surface area contributed by atoms with Crippen LogP contribution in [0.3, 0.4) is 0 Å². The first kappa shape index (κ1) is 13.6. The summed E-state index contributed by atoms with van der Waals surface area (Å²) in [5.74, 6) is -0.601. The maximum Gasteiger partial charge on any atom is 0.326 e. The number of hydrogen-bond acceptors (Lipinski definition) is 7. The van der Waals surface area contributed by atoms with Crippen LogP contribution in [0.5, 0.6) is 0 Å². The summed E-state index contributed by atoms with van der Waals surface area (Å²) < 4.78 is 25.6. The number of sulfonamides is 1. The average Bonchev–Trinajstić information content (AvgIpc) is 2.83. The second-order valence-corrected chi connectivity index (χ2v) is 6.06. The normalized spacial score (nSPS) is 14.9. The Morgan fingerprint density at radius 3 is 2.58 bits per heavy atom. The van der Waals surface area contributed by atoms with Gasteiger partial charge in [0.15, 0.2) is 0 Å². The number of hydrogen-bond donors (Lipinski definition) is 1. The summed E-state index contributed by atoms with van der Waals surface area (Å²) in [5, 5.41) is 6.31. The van der Waals surface area contributed by atoms with Gasteiger partial charge in [-0.15, -0.1) is 9.14 Å². The van der Waals surface area contributed by atoms with Crippen molar-refractivity contribution >= 4 is 33.1 Å². The third-order valence-electron chi connectivity index (χ3n) is 2.06. The van der Waals surface area contributed by atoms with Crippen LogP contribution in [-0.2, 0) is 14.8 Å². The van der Waals surface area contributed by atoms with Crippen LogP contribution in [0.1, 0.15) is 0 Å². The molecule has 0 aromatic heterocycles. The molecule has 0 aliphatic carbocycles. The minimum Gasteiger partial charge on any atom is -0.270 e. The van der Waals surface area contributed by atoms with E-state index in [1.807, 2.05) is 4.13 Å². The fraction of sp³-hybridized carbons (Fsp3) is 0.111. The molecular weight excluding hydrogens is 292 g/mol. The van der Waals surface area contributed by atoms with E-state index in [1.165, 1.54) is 12.1 Å². The lowest BCUT2D eigenvalue weighted by molar-refractivity contribution is -0.124. The van der Waals surface area contributed by atoms with Crippen LogP contribution in [0, 0.1) is 0 Å². The van der Waals surface area contributed by atoms with Crippen LogP contribution in [0.4, 0.5) is 4.79 Å². The first-order chi connectivity index (χ1) is 9.00. The molecule has 0 unspecified atom stereocenters. The molecule has 0 bridgehead atoms. The largest absolute Gasteiger partial charge is 0.326 e. The Labute approximate surface area is 113 Å². The van der Waals surface area contributed by atoms with E-state index in [-0.39, 0.29) is 23.4 Å². The molecule has 2 amide bonds. The SMILES string of the molecule is O=C1CN=NN1C(=O)SNS(=O)(=O)c1ccccc1. The van der Waals surface area contributed by atoms with Gasteiger partial charge >= 0.3 is 5.24 Å². The monoisotopic (exact) mass is 300 g/mol. The second-order valence-electron chi connectivity index (χ2n) is 3.36. The molecule has 0 radical (unpaired) electrons. The topological polar surface area (TPSA) is 108 Å². The smallest absolute Gasteiger partial charge is 0.270 e. The van der Waals surface area contributed by atoms with Crippen LogP contribution < -0.4 is 4.13 Å². The standard InChI is InChI=1S/C9H8N4O4S2/c14-8-6-10-11-13(8)9(15)18-12-19(16,17)7-4-2-1-3-5-7/h1-5,12H,6H2. The van der Waals surface area contributed by atoms with E-state index < -0.39 is 21.2 Å². The molecule has 1 aliphatic rings. The van der Waals surface area contributed by atoms with Crippen molar-refractivity contribution in [3.05, 3.63) is 30.3 Å². The average molecular weight is 300 g/mol. The van der Waals surface area contributed by atoms with Crippen LogP contribution in [-0.4, -0.2) is 31.1 Å². The van der Waals surface area contributed by atoms with E-state index in [0.29, 0.717) is 5.01 Å². The summed E-state index contributed by atoms with van der Waals surface area (Å²) >= 11 is 0.254. The Kier molecular flexibility index (Phi) is 3.93. The first-order valence-electron chi connectivity index (χ1n) is 4.99. The molecule has 1 aromatic carbocycles. The highest BCUT2D eigenvalue weighted by atomic mass is 32.3. The predicted octanol–water partition coefficient (Wildman–Crippen LogP) is 0.943. The van der Waals surface area contributed by atoms with Crippen molar-refractivity contribution in [1.82, 2.24) is 9.14 Å². The number of carbonyl (C=O) groups excluding carboxylic acids is 2. The number of nitrogens with zero attached hydrogens (tertiary/aromatic N) is 3. The highest BCUT2D eigenvalue weighted by Crippen LogP contribution is 2.15. The fourth-order valence-electron chi connectivity index (χ4n) is 1.19. The molecule has 1 aliphatic heterocycles. The second kappa shape index (κ2) is 5.47. The summed E-state index contributed by atoms with van der Waals surface area (Å²) in [6.45, 7) is -0.211. The van der Waals surface area contributed by atoms with Crippen molar-refractivity contribution in [3.63, 3.8) is 0 Å². The highest BCUT2D eigenvalue weighted by Gasteiger charge is 2.27. The molecule has 0 fully saturated rings. The zero-order valence-corrected chi connectivity index (χ0v) is 11.0. The number of nitrogens with one attached hydrogen (secondary N) is 1. The molecule has 1 aromatic rings. The Balaban J connectivity index is 2.01. The van der Waals surface area contributed by atoms with E-state index in [0.717, 1.165) is 0 Å². The van der Waals surface area contributed by atoms with Crippen molar-refractivity contribution in [3.8, 4) is 0 Å². The molecule has 1 N–H and O–H groups in total. The van der Waals surface area contributed by atoms with Crippen molar-refractivity contribution in [2.75, 3.05) is 6.54 Å². The molecule has 0 atom stereocenters. The first-order valence-corrected chi connectivity index (χ1v) is 7.29. The van der Waals surface area contributed by atoms with Crippen LogP contribution in [0.25, 0.3) is 0 Å². The van der Waals surface area contributed by atoms with Crippen molar-refractivity contribution in [1.29, 1.82) is 0 Å². The van der Waals surface area contributed by atoms with Crippen molar-refractivity contribution < 1.29 is 18.0 Å². The van der Waals surface area contributed by atoms with Gasteiger partial charge in [-0.05, 0) is 12.1 Å². The van der Waals surface area contributed by atoms with Crippen molar-refractivity contribution in [2.24, 2.45) is 10.3 Å². The Bertz CT molecular complexity index is 629. The Morgan fingerprint density at radius 2 is 2.00 bits per heavy atom. The Morgan fingerprint density at radius 1 is 1.32 bits per heavy atom. The lowest BCUT2D eigenvalue weighted by Crippen LogP contribution is -2.30. The van der Waals surface area contributed by atoms with Crippen LogP contribution in [0.2, 0.25) is 0 Å². The summed E-state index contributed by atoms with van der Waals surface area (Å²) in [4.78, 5) is 22.7. The van der Waals surface area contributed by atoms with Gasteiger partial charge in [0.25, 0.3) is 5.91 Å². The number of imide groups is 1. The highest BCUT2D eigenvalue weighted by molar-refractivity contribution is 8.18. The molecule has 100 valence electrons. The molecule has 19 heavy (non-hydrogen) atoms. The third-order valence-corrected chi connectivity index (χ3v) is 4.51. The van der Waals surface area contributed by atoms with Gasteiger partial charge in [0.2, 0.25) is 10.0 Å². The van der Waals surface area contributed by atoms with Gasteiger partial charge < -0.3 is 0 Å². The number of benzene rings is 1. The lowest BCUT2D eigenvalue weighted by atomic mass is 10.4. The molecule has 2 rings (SSSR count). The fourth-order valence-corrected chi connectivity index (χ4v) is 3.04.